The number of anilines is 2. The predicted molar refractivity (Wildman–Crippen MR) is 108 cm³/mol. The van der Waals surface area contributed by atoms with Crippen LogP contribution >= 0.6 is 0 Å². The Kier molecular flexibility index (Phi) is 5.71. The van der Waals surface area contributed by atoms with Crippen molar-refractivity contribution >= 4 is 34.0 Å². The van der Waals surface area contributed by atoms with Gasteiger partial charge in [-0.25, -0.2) is 0 Å². The highest BCUT2D eigenvalue weighted by atomic mass is 16.5. The van der Waals surface area contributed by atoms with Gasteiger partial charge >= 0.3 is 5.97 Å². The van der Waals surface area contributed by atoms with Crippen LogP contribution in [0.25, 0.3) is 10.8 Å². The molecule has 0 aliphatic heterocycles. The zero-order valence-corrected chi connectivity index (χ0v) is 15.4. The fraction of sp³-hybridized carbons (Fsp3) is 0.182. The number of ether oxygens (including phenoxy) is 1. The third-order valence-corrected chi connectivity index (χ3v) is 4.25. The van der Waals surface area contributed by atoms with Crippen LogP contribution in [0.15, 0.2) is 66.7 Å². The molecule has 0 spiro atoms. The number of amides is 1. The largest absolute Gasteiger partial charge is 0.455 e. The summed E-state index contributed by atoms with van der Waals surface area (Å²) in [6.07, 6.45) is 0.131. The average molecular weight is 362 g/mol. The molecule has 0 heterocycles. The van der Waals surface area contributed by atoms with E-state index in [9.17, 15) is 9.59 Å². The number of carbonyl (C=O) groups is 2. The van der Waals surface area contributed by atoms with Crippen molar-refractivity contribution in [1.82, 2.24) is 0 Å². The number of hydrogen-bond donors (Lipinski definition) is 1. The number of hydrogen-bond acceptors (Lipinski definition) is 4. The molecule has 0 bridgehead atoms. The molecule has 1 amide bonds. The van der Waals surface area contributed by atoms with E-state index in [1.807, 2.05) is 85.7 Å². The monoisotopic (exact) mass is 362 g/mol. The second kappa shape index (κ2) is 8.36. The number of fused-ring (bicyclic) bond motifs is 1. The minimum atomic E-state index is -0.426. The minimum absolute atomic E-state index is 0.131. The summed E-state index contributed by atoms with van der Waals surface area (Å²) in [7, 11) is 3.89. The van der Waals surface area contributed by atoms with Crippen molar-refractivity contribution in [1.29, 1.82) is 0 Å². The lowest BCUT2D eigenvalue weighted by molar-refractivity contribution is -0.146. The molecule has 138 valence electrons. The zero-order chi connectivity index (χ0) is 19.2. The summed E-state index contributed by atoms with van der Waals surface area (Å²) in [4.78, 5) is 26.1. The van der Waals surface area contributed by atoms with Crippen molar-refractivity contribution in [2.45, 2.75) is 6.42 Å². The van der Waals surface area contributed by atoms with Crippen LogP contribution < -0.4 is 10.2 Å². The topological polar surface area (TPSA) is 58.6 Å². The third-order valence-electron chi connectivity index (χ3n) is 4.25. The van der Waals surface area contributed by atoms with Crippen LogP contribution in [0.3, 0.4) is 0 Å². The molecule has 0 radical (unpaired) electrons. The van der Waals surface area contributed by atoms with E-state index in [1.165, 1.54) is 0 Å². The van der Waals surface area contributed by atoms with Gasteiger partial charge in [-0.15, -0.1) is 0 Å². The fourth-order valence-electron chi connectivity index (χ4n) is 2.84. The highest BCUT2D eigenvalue weighted by Gasteiger charge is 2.11. The summed E-state index contributed by atoms with van der Waals surface area (Å²) in [5.41, 5.74) is 2.59. The molecule has 3 rings (SSSR count). The molecule has 3 aromatic carbocycles. The fourth-order valence-corrected chi connectivity index (χ4v) is 2.84. The van der Waals surface area contributed by atoms with Gasteiger partial charge in [0.25, 0.3) is 5.91 Å². The van der Waals surface area contributed by atoms with Gasteiger partial charge in [0.2, 0.25) is 0 Å². The maximum atomic E-state index is 12.1. The first kappa shape index (κ1) is 18.5. The summed E-state index contributed by atoms with van der Waals surface area (Å²) in [6.45, 7) is -0.307. The van der Waals surface area contributed by atoms with Gasteiger partial charge in [0.05, 0.1) is 6.42 Å². The second-order valence-electron chi connectivity index (χ2n) is 6.47. The van der Waals surface area contributed by atoms with Gasteiger partial charge in [-0.05, 0) is 40.6 Å². The summed E-state index contributed by atoms with van der Waals surface area (Å²) in [6, 6.07) is 21.1. The van der Waals surface area contributed by atoms with Crippen LogP contribution in [0.4, 0.5) is 11.4 Å². The first-order valence-corrected chi connectivity index (χ1v) is 8.72. The van der Waals surface area contributed by atoms with Crippen molar-refractivity contribution in [2.75, 3.05) is 30.9 Å². The Hall–Kier alpha value is -3.34. The van der Waals surface area contributed by atoms with Crippen LogP contribution in [0.2, 0.25) is 0 Å². The molecule has 0 unspecified atom stereocenters. The molecule has 0 saturated carbocycles. The Morgan fingerprint density at radius 1 is 0.926 bits per heavy atom. The normalized spacial score (nSPS) is 10.4. The molecule has 0 aromatic heterocycles. The van der Waals surface area contributed by atoms with E-state index in [-0.39, 0.29) is 18.9 Å². The Balaban J connectivity index is 1.53. The van der Waals surface area contributed by atoms with Gasteiger partial charge in [-0.1, -0.05) is 42.5 Å². The number of benzene rings is 3. The average Bonchev–Trinajstić information content (AvgIpc) is 2.67. The number of rotatable bonds is 6. The van der Waals surface area contributed by atoms with Gasteiger partial charge in [0, 0.05) is 25.5 Å². The number of nitrogens with one attached hydrogen (secondary N) is 1. The molecule has 0 aliphatic rings. The van der Waals surface area contributed by atoms with E-state index in [0.29, 0.717) is 5.69 Å². The van der Waals surface area contributed by atoms with Crippen molar-refractivity contribution in [3.63, 3.8) is 0 Å². The van der Waals surface area contributed by atoms with Crippen LogP contribution in [-0.2, 0) is 20.7 Å². The predicted octanol–water partition coefficient (Wildman–Crippen LogP) is 3.63. The van der Waals surface area contributed by atoms with E-state index >= 15 is 0 Å². The summed E-state index contributed by atoms with van der Waals surface area (Å²) in [5, 5.41) is 4.81. The van der Waals surface area contributed by atoms with E-state index in [1.54, 1.807) is 0 Å². The van der Waals surface area contributed by atoms with E-state index in [4.69, 9.17) is 4.74 Å². The van der Waals surface area contributed by atoms with Crippen LogP contribution in [0, 0.1) is 0 Å². The summed E-state index contributed by atoms with van der Waals surface area (Å²) < 4.78 is 5.13. The molecule has 1 N–H and O–H groups in total. The molecule has 0 aliphatic carbocycles. The molecular formula is C22H22N2O3. The van der Waals surface area contributed by atoms with Crippen LogP contribution in [0.5, 0.6) is 0 Å². The first-order valence-electron chi connectivity index (χ1n) is 8.72. The number of carbonyl (C=O) groups excluding carboxylic acids is 2. The molecule has 3 aromatic rings. The van der Waals surface area contributed by atoms with Crippen molar-refractivity contribution in [3.8, 4) is 0 Å². The number of nitrogens with zero attached hydrogens (tertiary/aromatic N) is 1. The lowest BCUT2D eigenvalue weighted by Gasteiger charge is -2.13. The summed E-state index contributed by atoms with van der Waals surface area (Å²) >= 11 is 0. The molecular weight excluding hydrogens is 340 g/mol. The highest BCUT2D eigenvalue weighted by molar-refractivity contribution is 5.93. The van der Waals surface area contributed by atoms with Crippen molar-refractivity contribution in [2.24, 2.45) is 0 Å². The Morgan fingerprint density at radius 3 is 2.37 bits per heavy atom. The molecule has 27 heavy (non-hydrogen) atoms. The van der Waals surface area contributed by atoms with E-state index in [2.05, 4.69) is 5.32 Å². The van der Waals surface area contributed by atoms with Crippen molar-refractivity contribution < 1.29 is 14.3 Å². The maximum absolute atomic E-state index is 12.1. The Labute approximate surface area is 158 Å². The van der Waals surface area contributed by atoms with Crippen molar-refractivity contribution in [3.05, 3.63) is 72.3 Å². The highest BCUT2D eigenvalue weighted by Crippen LogP contribution is 2.19. The lowest BCUT2D eigenvalue weighted by Crippen LogP contribution is -2.21. The molecule has 0 atom stereocenters. The summed E-state index contributed by atoms with van der Waals surface area (Å²) in [5.74, 6) is -0.789. The van der Waals surface area contributed by atoms with Gasteiger partial charge < -0.3 is 15.0 Å². The van der Waals surface area contributed by atoms with E-state index < -0.39 is 5.97 Å². The first-order chi connectivity index (χ1) is 13.0. The third kappa shape index (κ3) is 4.85. The standard InChI is InChI=1S/C22H22N2O3/c1-24(2)19-12-10-18(11-13-19)23-21(25)15-27-22(26)14-17-8-5-7-16-6-3-4-9-20(16)17/h3-13H,14-15H2,1-2H3,(H,23,25). The second-order valence-corrected chi connectivity index (χ2v) is 6.47. The van der Waals surface area contributed by atoms with Crippen LogP contribution in [0.1, 0.15) is 5.56 Å². The molecule has 0 saturated heterocycles. The molecule has 5 heteroatoms. The quantitative estimate of drug-likeness (QED) is 0.680. The SMILES string of the molecule is CN(C)c1ccc(NC(=O)COC(=O)Cc2cccc3ccccc23)cc1. The Morgan fingerprint density at radius 2 is 1.63 bits per heavy atom. The molecule has 0 fully saturated rings. The van der Waals surface area contributed by atoms with Gasteiger partial charge in [-0.2, -0.15) is 0 Å². The Bertz CT molecular complexity index is 944. The number of esters is 1. The van der Waals surface area contributed by atoms with Gasteiger partial charge in [0.1, 0.15) is 0 Å². The maximum Gasteiger partial charge on any atom is 0.310 e. The lowest BCUT2D eigenvalue weighted by atomic mass is 10.0. The van der Waals surface area contributed by atoms with Gasteiger partial charge in [-0.3, -0.25) is 9.59 Å². The molecule has 5 nitrogen and oxygen atoms in total. The van der Waals surface area contributed by atoms with Gasteiger partial charge in [0.15, 0.2) is 6.61 Å². The zero-order valence-electron chi connectivity index (χ0n) is 15.4. The minimum Gasteiger partial charge on any atom is -0.455 e. The van der Waals surface area contributed by atoms with E-state index in [0.717, 1.165) is 22.0 Å². The smallest absolute Gasteiger partial charge is 0.310 e. The van der Waals surface area contributed by atoms with Crippen LogP contribution in [-0.4, -0.2) is 32.6 Å².